The van der Waals surface area contributed by atoms with E-state index in [1.165, 1.54) is 0 Å². The van der Waals surface area contributed by atoms with Gasteiger partial charge in [-0.05, 0) is 12.5 Å². The van der Waals surface area contributed by atoms with Crippen LogP contribution >= 0.6 is 0 Å². The Morgan fingerprint density at radius 3 is 2.45 bits per heavy atom. The highest BCUT2D eigenvalue weighted by atomic mass is 15.3. The Morgan fingerprint density at radius 1 is 1.27 bits per heavy atom. The molecule has 0 spiro atoms. The zero-order valence-corrected chi connectivity index (χ0v) is 6.83. The van der Waals surface area contributed by atoms with Crippen molar-refractivity contribution in [2.45, 2.75) is 6.92 Å². The normalized spacial score (nSPS) is 11.3. The molecule has 0 amide bonds. The molecule has 0 saturated carbocycles. The highest BCUT2D eigenvalue weighted by molar-refractivity contribution is 5.98. The van der Waals surface area contributed by atoms with Crippen LogP contribution < -0.4 is 5.43 Å². The molecule has 0 radical (unpaired) electrons. The van der Waals surface area contributed by atoms with Gasteiger partial charge in [0.15, 0.2) is 0 Å². The van der Waals surface area contributed by atoms with E-state index in [4.69, 9.17) is 0 Å². The third-order valence-corrected chi connectivity index (χ3v) is 1.47. The fourth-order valence-electron chi connectivity index (χ4n) is 0.912. The maximum Gasteiger partial charge on any atom is 0.0644 e. The largest absolute Gasteiger partial charge is 0.313 e. The minimum Gasteiger partial charge on any atom is -0.313 e. The van der Waals surface area contributed by atoms with Crippen LogP contribution in [-0.2, 0) is 0 Å². The van der Waals surface area contributed by atoms with E-state index in [2.05, 4.69) is 10.5 Å². The van der Waals surface area contributed by atoms with Gasteiger partial charge in [-0.3, -0.25) is 0 Å². The van der Waals surface area contributed by atoms with E-state index in [1.807, 2.05) is 37.3 Å². The van der Waals surface area contributed by atoms with E-state index in [9.17, 15) is 0 Å². The number of hydrogen-bond acceptors (Lipinski definition) is 2. The monoisotopic (exact) mass is 148 g/mol. The van der Waals surface area contributed by atoms with Gasteiger partial charge in [-0.25, -0.2) is 0 Å². The smallest absolute Gasteiger partial charge is 0.0644 e. The second kappa shape index (κ2) is 3.76. The summed E-state index contributed by atoms with van der Waals surface area (Å²) in [6.07, 6.45) is 0. The van der Waals surface area contributed by atoms with Crippen LogP contribution in [-0.4, -0.2) is 12.8 Å². The van der Waals surface area contributed by atoms with Crippen molar-refractivity contribution in [2.75, 3.05) is 7.05 Å². The van der Waals surface area contributed by atoms with Gasteiger partial charge in [-0.15, -0.1) is 0 Å². The molecule has 0 unspecified atom stereocenters. The van der Waals surface area contributed by atoms with Crippen LogP contribution in [0.2, 0.25) is 0 Å². The number of rotatable bonds is 2. The lowest BCUT2D eigenvalue weighted by Gasteiger charge is -1.98. The number of hydrogen-bond donors (Lipinski definition) is 1. The molecular weight excluding hydrogens is 136 g/mol. The molecule has 0 aromatic heterocycles. The SMILES string of the molecule is CN/N=C(\C)c1ccccc1. The molecule has 1 rings (SSSR count). The highest BCUT2D eigenvalue weighted by Gasteiger charge is 1.92. The summed E-state index contributed by atoms with van der Waals surface area (Å²) in [5.41, 5.74) is 4.92. The number of benzene rings is 1. The van der Waals surface area contributed by atoms with Gasteiger partial charge in [-0.1, -0.05) is 30.3 Å². The standard InChI is InChI=1S/C9H12N2/c1-8(11-10-2)9-6-4-3-5-7-9/h3-7,10H,1-2H3/b11-8+. The van der Waals surface area contributed by atoms with Crippen LogP contribution in [0, 0.1) is 0 Å². The van der Waals surface area contributed by atoms with Crippen LogP contribution in [0.5, 0.6) is 0 Å². The Morgan fingerprint density at radius 2 is 1.91 bits per heavy atom. The summed E-state index contributed by atoms with van der Waals surface area (Å²) in [6, 6.07) is 10.1. The highest BCUT2D eigenvalue weighted by Crippen LogP contribution is 1.99. The van der Waals surface area contributed by atoms with E-state index < -0.39 is 0 Å². The molecule has 2 heteroatoms. The number of nitrogens with one attached hydrogen (secondary N) is 1. The van der Waals surface area contributed by atoms with Gasteiger partial charge in [0, 0.05) is 7.05 Å². The summed E-state index contributed by atoms with van der Waals surface area (Å²) < 4.78 is 0. The lowest BCUT2D eigenvalue weighted by Crippen LogP contribution is -2.02. The minimum atomic E-state index is 1.01. The summed E-state index contributed by atoms with van der Waals surface area (Å²) in [4.78, 5) is 0. The molecular formula is C9H12N2. The van der Waals surface area contributed by atoms with Crippen molar-refractivity contribution < 1.29 is 0 Å². The Kier molecular flexibility index (Phi) is 2.66. The zero-order valence-electron chi connectivity index (χ0n) is 6.83. The van der Waals surface area contributed by atoms with Gasteiger partial charge in [0.05, 0.1) is 5.71 Å². The van der Waals surface area contributed by atoms with Gasteiger partial charge in [-0.2, -0.15) is 5.10 Å². The molecule has 2 nitrogen and oxygen atoms in total. The average molecular weight is 148 g/mol. The molecule has 0 atom stereocenters. The van der Waals surface area contributed by atoms with Crippen molar-refractivity contribution in [1.82, 2.24) is 5.43 Å². The molecule has 1 aromatic carbocycles. The zero-order chi connectivity index (χ0) is 8.10. The van der Waals surface area contributed by atoms with Crippen LogP contribution in [0.25, 0.3) is 0 Å². The molecule has 58 valence electrons. The molecule has 0 fully saturated rings. The van der Waals surface area contributed by atoms with E-state index in [-0.39, 0.29) is 0 Å². The van der Waals surface area contributed by atoms with Crippen LogP contribution in [0.4, 0.5) is 0 Å². The van der Waals surface area contributed by atoms with Crippen molar-refractivity contribution in [3.05, 3.63) is 35.9 Å². The first kappa shape index (κ1) is 7.79. The first-order valence-corrected chi connectivity index (χ1v) is 3.61. The Hall–Kier alpha value is -1.31. The second-order valence-electron chi connectivity index (χ2n) is 2.29. The maximum absolute atomic E-state index is 4.06. The van der Waals surface area contributed by atoms with Crippen LogP contribution in [0.3, 0.4) is 0 Å². The van der Waals surface area contributed by atoms with E-state index in [0.29, 0.717) is 0 Å². The Balaban J connectivity index is 2.85. The van der Waals surface area contributed by atoms with Crippen molar-refractivity contribution in [1.29, 1.82) is 0 Å². The summed E-state index contributed by atoms with van der Waals surface area (Å²) in [5.74, 6) is 0. The third kappa shape index (κ3) is 2.08. The summed E-state index contributed by atoms with van der Waals surface area (Å²) in [6.45, 7) is 1.98. The Labute approximate surface area is 66.9 Å². The van der Waals surface area contributed by atoms with E-state index in [0.717, 1.165) is 11.3 Å². The quantitative estimate of drug-likeness (QED) is 0.500. The first-order valence-electron chi connectivity index (χ1n) is 3.61. The molecule has 0 aliphatic rings. The lowest BCUT2D eigenvalue weighted by atomic mass is 10.1. The van der Waals surface area contributed by atoms with Gasteiger partial charge in [0.25, 0.3) is 0 Å². The summed E-state index contributed by atoms with van der Waals surface area (Å²) in [5, 5.41) is 4.06. The average Bonchev–Trinajstić information content (AvgIpc) is 2.07. The van der Waals surface area contributed by atoms with Crippen LogP contribution in [0.15, 0.2) is 35.4 Å². The fourth-order valence-corrected chi connectivity index (χ4v) is 0.912. The van der Waals surface area contributed by atoms with E-state index in [1.54, 1.807) is 7.05 Å². The van der Waals surface area contributed by atoms with Crippen LogP contribution in [0.1, 0.15) is 12.5 Å². The third-order valence-electron chi connectivity index (χ3n) is 1.47. The van der Waals surface area contributed by atoms with Gasteiger partial charge >= 0.3 is 0 Å². The Bertz CT molecular complexity index is 239. The fraction of sp³-hybridized carbons (Fsp3) is 0.222. The lowest BCUT2D eigenvalue weighted by molar-refractivity contribution is 0.900. The summed E-state index contributed by atoms with van der Waals surface area (Å²) in [7, 11) is 1.80. The number of hydrazone groups is 1. The molecule has 11 heavy (non-hydrogen) atoms. The van der Waals surface area contributed by atoms with Crippen molar-refractivity contribution in [3.63, 3.8) is 0 Å². The molecule has 0 aliphatic heterocycles. The predicted molar refractivity (Wildman–Crippen MR) is 47.7 cm³/mol. The molecule has 0 bridgehead atoms. The number of nitrogens with zero attached hydrogens (tertiary/aromatic N) is 1. The van der Waals surface area contributed by atoms with Crippen molar-refractivity contribution in [3.8, 4) is 0 Å². The first-order chi connectivity index (χ1) is 5.34. The van der Waals surface area contributed by atoms with Gasteiger partial charge < -0.3 is 5.43 Å². The van der Waals surface area contributed by atoms with Gasteiger partial charge in [0.1, 0.15) is 0 Å². The molecule has 0 heterocycles. The summed E-state index contributed by atoms with van der Waals surface area (Å²) >= 11 is 0. The topological polar surface area (TPSA) is 24.4 Å². The maximum atomic E-state index is 4.06. The molecule has 0 saturated heterocycles. The minimum absolute atomic E-state index is 1.01. The molecule has 1 aromatic rings. The predicted octanol–water partition coefficient (Wildman–Crippen LogP) is 1.63. The molecule has 1 N–H and O–H groups in total. The molecule has 0 aliphatic carbocycles. The van der Waals surface area contributed by atoms with Gasteiger partial charge in [0.2, 0.25) is 0 Å². The van der Waals surface area contributed by atoms with Crippen molar-refractivity contribution in [2.24, 2.45) is 5.10 Å². The second-order valence-corrected chi connectivity index (χ2v) is 2.29. The van der Waals surface area contributed by atoms with E-state index >= 15 is 0 Å². The van der Waals surface area contributed by atoms with Crippen molar-refractivity contribution >= 4 is 5.71 Å².